The number of aliphatic hydroxyl groups is 1. The van der Waals surface area contributed by atoms with E-state index >= 15 is 0 Å². The minimum Gasteiger partial charge on any atom is -0.506 e. The van der Waals surface area contributed by atoms with Crippen LogP contribution >= 0.6 is 27.5 Å². The quantitative estimate of drug-likeness (QED) is 0.765. The molecule has 0 unspecified atom stereocenters. The maximum Gasteiger partial charge on any atom is 0.139 e. The van der Waals surface area contributed by atoms with Crippen molar-refractivity contribution in [3.63, 3.8) is 0 Å². The van der Waals surface area contributed by atoms with Crippen LogP contribution in [-0.4, -0.2) is 16.8 Å². The van der Waals surface area contributed by atoms with Gasteiger partial charge in [0, 0.05) is 10.0 Å². The van der Waals surface area contributed by atoms with E-state index in [2.05, 4.69) is 15.9 Å². The fourth-order valence-corrected chi connectivity index (χ4v) is 1.80. The van der Waals surface area contributed by atoms with Crippen LogP contribution in [0.25, 0.3) is 0 Å². The summed E-state index contributed by atoms with van der Waals surface area (Å²) in [5, 5.41) is 18.5. The van der Waals surface area contributed by atoms with Crippen LogP contribution in [0.4, 0.5) is 0 Å². The van der Waals surface area contributed by atoms with Gasteiger partial charge in [-0.25, -0.2) is 0 Å². The smallest absolute Gasteiger partial charge is 0.139 e. The van der Waals surface area contributed by atoms with Gasteiger partial charge in [0.05, 0.1) is 17.7 Å². The van der Waals surface area contributed by atoms with Crippen molar-refractivity contribution in [3.05, 3.63) is 27.2 Å². The third-order valence-corrected chi connectivity index (χ3v) is 2.40. The van der Waals surface area contributed by atoms with Gasteiger partial charge in [-0.3, -0.25) is 0 Å². The maximum absolute atomic E-state index is 9.48. The zero-order chi connectivity index (χ0) is 10.0. The molecule has 0 spiro atoms. The maximum atomic E-state index is 9.48. The highest BCUT2D eigenvalue weighted by Crippen LogP contribution is 2.33. The summed E-state index contributed by atoms with van der Waals surface area (Å²) in [5.74, 6) is -0.0774. The summed E-state index contributed by atoms with van der Waals surface area (Å²) >= 11 is 8.91. The first-order valence-corrected chi connectivity index (χ1v) is 4.77. The number of hydrogen-bond acceptors (Lipinski definition) is 3. The van der Waals surface area contributed by atoms with Gasteiger partial charge in [0.25, 0.3) is 0 Å². The minimum atomic E-state index is -0.616. The van der Waals surface area contributed by atoms with Crippen molar-refractivity contribution in [2.45, 2.75) is 6.04 Å². The molecule has 4 N–H and O–H groups in total. The van der Waals surface area contributed by atoms with Crippen molar-refractivity contribution in [2.75, 3.05) is 6.61 Å². The van der Waals surface area contributed by atoms with Crippen LogP contribution in [0.5, 0.6) is 5.75 Å². The SMILES string of the molecule is N[C@H](CO)c1cc(Br)cc(Cl)c1O. The molecule has 0 aliphatic rings. The molecule has 0 fully saturated rings. The number of aromatic hydroxyl groups is 1. The molecule has 13 heavy (non-hydrogen) atoms. The minimum absolute atomic E-state index is 0.0774. The van der Waals surface area contributed by atoms with Crippen LogP contribution in [0.1, 0.15) is 11.6 Å². The highest BCUT2D eigenvalue weighted by atomic mass is 79.9. The van der Waals surface area contributed by atoms with Crippen LogP contribution in [0.15, 0.2) is 16.6 Å². The van der Waals surface area contributed by atoms with Crippen molar-refractivity contribution in [2.24, 2.45) is 5.73 Å². The van der Waals surface area contributed by atoms with Gasteiger partial charge in [0.1, 0.15) is 5.75 Å². The predicted molar refractivity (Wildman–Crippen MR) is 54.8 cm³/mol. The highest BCUT2D eigenvalue weighted by Gasteiger charge is 2.13. The van der Waals surface area contributed by atoms with E-state index in [0.717, 1.165) is 0 Å². The van der Waals surface area contributed by atoms with Crippen LogP contribution < -0.4 is 5.73 Å². The Morgan fingerprint density at radius 1 is 1.54 bits per heavy atom. The van der Waals surface area contributed by atoms with Crippen LogP contribution in [0.2, 0.25) is 5.02 Å². The zero-order valence-electron chi connectivity index (χ0n) is 6.67. The second-order valence-electron chi connectivity index (χ2n) is 2.61. The lowest BCUT2D eigenvalue weighted by Gasteiger charge is -2.12. The third kappa shape index (κ3) is 2.34. The Balaban J connectivity index is 3.20. The number of benzene rings is 1. The number of phenolic OH excluding ortho intramolecular Hbond substituents is 1. The standard InChI is InChI=1S/C8H9BrClNO2/c9-4-1-5(7(11)3-12)8(13)6(10)2-4/h1-2,7,12-13H,3,11H2/t7-/m1/s1. The Kier molecular flexibility index (Phi) is 3.55. The molecule has 72 valence electrons. The van der Waals surface area contributed by atoms with Gasteiger partial charge in [-0.05, 0) is 12.1 Å². The molecule has 0 aromatic heterocycles. The van der Waals surface area contributed by atoms with Gasteiger partial charge in [-0.2, -0.15) is 0 Å². The van der Waals surface area contributed by atoms with Crippen molar-refractivity contribution < 1.29 is 10.2 Å². The molecule has 0 radical (unpaired) electrons. The molecule has 0 saturated carbocycles. The molecule has 0 amide bonds. The first-order chi connectivity index (χ1) is 6.06. The van der Waals surface area contributed by atoms with Crippen molar-refractivity contribution in [1.82, 2.24) is 0 Å². The summed E-state index contributed by atoms with van der Waals surface area (Å²) in [6.45, 7) is -0.236. The summed E-state index contributed by atoms with van der Waals surface area (Å²) in [7, 11) is 0. The first-order valence-electron chi connectivity index (χ1n) is 3.60. The lowest BCUT2D eigenvalue weighted by Crippen LogP contribution is -2.14. The fourth-order valence-electron chi connectivity index (χ4n) is 0.967. The molecular formula is C8H9BrClNO2. The highest BCUT2D eigenvalue weighted by molar-refractivity contribution is 9.10. The Morgan fingerprint density at radius 2 is 2.15 bits per heavy atom. The lowest BCUT2D eigenvalue weighted by atomic mass is 10.1. The molecule has 0 aliphatic heterocycles. The first kappa shape index (κ1) is 10.8. The lowest BCUT2D eigenvalue weighted by molar-refractivity contribution is 0.265. The monoisotopic (exact) mass is 265 g/mol. The summed E-state index contributed by atoms with van der Waals surface area (Å²) in [5.41, 5.74) is 5.98. The van der Waals surface area contributed by atoms with Crippen molar-refractivity contribution in [1.29, 1.82) is 0 Å². The fraction of sp³-hybridized carbons (Fsp3) is 0.250. The molecule has 1 aromatic rings. The Hall–Kier alpha value is -0.290. The molecule has 5 heteroatoms. The summed E-state index contributed by atoms with van der Waals surface area (Å²) in [6, 6.07) is 2.57. The zero-order valence-corrected chi connectivity index (χ0v) is 9.01. The summed E-state index contributed by atoms with van der Waals surface area (Å²) in [6.07, 6.45) is 0. The van der Waals surface area contributed by atoms with Gasteiger partial charge in [-0.15, -0.1) is 0 Å². The second-order valence-corrected chi connectivity index (χ2v) is 3.94. The number of phenols is 1. The largest absolute Gasteiger partial charge is 0.506 e. The van der Waals surface area contributed by atoms with Gasteiger partial charge in [-0.1, -0.05) is 27.5 Å². The number of rotatable bonds is 2. The molecule has 1 rings (SSSR count). The summed E-state index contributed by atoms with van der Waals surface area (Å²) in [4.78, 5) is 0. The molecule has 0 heterocycles. The average molecular weight is 267 g/mol. The van der Waals surface area contributed by atoms with Crippen LogP contribution in [-0.2, 0) is 0 Å². The Bertz CT molecular complexity index is 319. The normalized spacial score (nSPS) is 12.9. The van der Waals surface area contributed by atoms with E-state index in [0.29, 0.717) is 10.0 Å². The molecular weight excluding hydrogens is 257 g/mol. The van der Waals surface area contributed by atoms with E-state index in [1.54, 1.807) is 12.1 Å². The average Bonchev–Trinajstić information content (AvgIpc) is 2.10. The van der Waals surface area contributed by atoms with Gasteiger partial charge >= 0.3 is 0 Å². The molecule has 1 atom stereocenters. The number of hydrogen-bond donors (Lipinski definition) is 3. The summed E-state index contributed by atoms with van der Waals surface area (Å²) < 4.78 is 0.717. The molecule has 1 aromatic carbocycles. The van der Waals surface area contributed by atoms with Crippen LogP contribution in [0.3, 0.4) is 0 Å². The van der Waals surface area contributed by atoms with E-state index in [-0.39, 0.29) is 17.4 Å². The van der Waals surface area contributed by atoms with Gasteiger partial charge in [0.2, 0.25) is 0 Å². The van der Waals surface area contributed by atoms with Gasteiger partial charge < -0.3 is 15.9 Å². The number of halogens is 2. The van der Waals surface area contributed by atoms with Crippen molar-refractivity contribution >= 4 is 27.5 Å². The van der Waals surface area contributed by atoms with E-state index < -0.39 is 6.04 Å². The van der Waals surface area contributed by atoms with E-state index in [4.69, 9.17) is 22.4 Å². The Labute approximate surface area is 89.3 Å². The molecule has 0 saturated heterocycles. The molecule has 0 bridgehead atoms. The van der Waals surface area contributed by atoms with E-state index in [1.807, 2.05) is 0 Å². The van der Waals surface area contributed by atoms with E-state index in [1.165, 1.54) is 0 Å². The van der Waals surface area contributed by atoms with Gasteiger partial charge in [0.15, 0.2) is 0 Å². The number of nitrogens with two attached hydrogens (primary N) is 1. The molecule has 0 aliphatic carbocycles. The molecule has 3 nitrogen and oxygen atoms in total. The Morgan fingerprint density at radius 3 is 2.69 bits per heavy atom. The second kappa shape index (κ2) is 4.28. The topological polar surface area (TPSA) is 66.5 Å². The predicted octanol–water partition coefficient (Wildman–Crippen LogP) is 1.80. The van der Waals surface area contributed by atoms with Crippen LogP contribution in [0, 0.1) is 0 Å². The third-order valence-electron chi connectivity index (χ3n) is 1.65. The number of aliphatic hydroxyl groups excluding tert-OH is 1. The van der Waals surface area contributed by atoms with Crippen molar-refractivity contribution in [3.8, 4) is 5.75 Å². The van der Waals surface area contributed by atoms with E-state index in [9.17, 15) is 5.11 Å².